The van der Waals surface area contributed by atoms with Gasteiger partial charge >= 0.3 is 0 Å². The third kappa shape index (κ3) is 5.85. The molecule has 0 bridgehead atoms. The van der Waals surface area contributed by atoms with E-state index in [2.05, 4.69) is 15.2 Å². The van der Waals surface area contributed by atoms with E-state index in [9.17, 15) is 14.3 Å². The van der Waals surface area contributed by atoms with E-state index in [4.69, 9.17) is 9.15 Å². The van der Waals surface area contributed by atoms with Gasteiger partial charge in [-0.1, -0.05) is 12.1 Å². The number of aliphatic hydroxyl groups is 1. The fourth-order valence-electron chi connectivity index (χ4n) is 2.90. The van der Waals surface area contributed by atoms with Crippen LogP contribution in [-0.2, 0) is 16.0 Å². The fourth-order valence-corrected chi connectivity index (χ4v) is 2.90. The van der Waals surface area contributed by atoms with Crippen molar-refractivity contribution in [3.63, 3.8) is 0 Å². The molecule has 2 N–H and O–H groups in total. The lowest BCUT2D eigenvalue weighted by molar-refractivity contribution is -0.121. The second-order valence-corrected chi connectivity index (χ2v) is 6.47. The molecule has 1 aliphatic heterocycles. The second-order valence-electron chi connectivity index (χ2n) is 6.47. The second kappa shape index (κ2) is 9.59. The van der Waals surface area contributed by atoms with Gasteiger partial charge in [0, 0.05) is 39.0 Å². The lowest BCUT2D eigenvalue weighted by Gasteiger charge is -2.28. The molecule has 1 saturated heterocycles. The molecule has 1 aromatic carbocycles. The maximum Gasteiger partial charge on any atom is 0.220 e. The minimum atomic E-state index is -0.624. The van der Waals surface area contributed by atoms with Crippen LogP contribution in [0.2, 0.25) is 0 Å². The van der Waals surface area contributed by atoms with Gasteiger partial charge in [-0.3, -0.25) is 9.69 Å². The molecule has 3 rings (SSSR count). The Bertz CT molecular complexity index is 746. The Labute approximate surface area is 157 Å². The number of carbonyl (C=O) groups is 1. The van der Waals surface area contributed by atoms with Crippen LogP contribution in [0.25, 0.3) is 11.3 Å². The third-order valence-corrected chi connectivity index (χ3v) is 4.37. The summed E-state index contributed by atoms with van der Waals surface area (Å²) in [7, 11) is 0. The van der Waals surface area contributed by atoms with E-state index in [1.54, 1.807) is 18.2 Å². The molecule has 2 aromatic rings. The smallest absolute Gasteiger partial charge is 0.220 e. The summed E-state index contributed by atoms with van der Waals surface area (Å²) in [6.45, 7) is 3.63. The summed E-state index contributed by atoms with van der Waals surface area (Å²) in [6.07, 6.45) is 1.32. The van der Waals surface area contributed by atoms with Crippen molar-refractivity contribution < 1.29 is 23.4 Å². The standard InChI is InChI=1S/C19H24FN3O4/c20-16-4-2-1-3-15(16)17-12-22-19(27-17)6-5-18(25)21-11-14(24)13-23-7-9-26-10-8-23/h1-4,12,14,24H,5-11,13H2,(H,21,25). The van der Waals surface area contributed by atoms with Crippen molar-refractivity contribution in [1.82, 2.24) is 15.2 Å². The zero-order chi connectivity index (χ0) is 19.1. The lowest BCUT2D eigenvalue weighted by atomic mass is 10.2. The van der Waals surface area contributed by atoms with E-state index >= 15 is 0 Å². The molecule has 1 aromatic heterocycles. The molecule has 0 radical (unpaired) electrons. The van der Waals surface area contributed by atoms with Crippen LogP contribution in [0, 0.1) is 5.82 Å². The average molecular weight is 377 g/mol. The summed E-state index contributed by atoms with van der Waals surface area (Å²) >= 11 is 0. The maximum atomic E-state index is 13.8. The van der Waals surface area contributed by atoms with Crippen molar-refractivity contribution in [2.24, 2.45) is 0 Å². The van der Waals surface area contributed by atoms with Gasteiger partial charge in [0.1, 0.15) is 5.82 Å². The molecule has 27 heavy (non-hydrogen) atoms. The number of oxazole rings is 1. The highest BCUT2D eigenvalue weighted by Crippen LogP contribution is 2.23. The Kier molecular flexibility index (Phi) is 6.92. The molecule has 1 fully saturated rings. The predicted octanol–water partition coefficient (Wildman–Crippen LogP) is 1.22. The van der Waals surface area contributed by atoms with Crippen molar-refractivity contribution >= 4 is 5.91 Å². The van der Waals surface area contributed by atoms with E-state index < -0.39 is 6.10 Å². The average Bonchev–Trinajstić information content (AvgIpc) is 3.15. The zero-order valence-corrected chi connectivity index (χ0v) is 15.1. The monoisotopic (exact) mass is 377 g/mol. The minimum Gasteiger partial charge on any atom is -0.441 e. The number of amides is 1. The number of aryl methyl sites for hydroxylation is 1. The highest BCUT2D eigenvalue weighted by molar-refractivity contribution is 5.76. The van der Waals surface area contributed by atoms with Crippen LogP contribution in [0.5, 0.6) is 0 Å². The van der Waals surface area contributed by atoms with Crippen LogP contribution in [0.4, 0.5) is 4.39 Å². The van der Waals surface area contributed by atoms with Gasteiger partial charge in [0.05, 0.1) is 31.1 Å². The number of nitrogens with one attached hydrogen (secondary N) is 1. The molecule has 1 aliphatic rings. The predicted molar refractivity (Wildman–Crippen MR) is 96.5 cm³/mol. The molecule has 1 atom stereocenters. The van der Waals surface area contributed by atoms with Gasteiger partial charge < -0.3 is 19.6 Å². The Morgan fingerprint density at radius 3 is 2.89 bits per heavy atom. The van der Waals surface area contributed by atoms with Gasteiger partial charge in [-0.15, -0.1) is 0 Å². The number of rotatable bonds is 8. The van der Waals surface area contributed by atoms with Gasteiger partial charge in [-0.25, -0.2) is 9.37 Å². The fraction of sp³-hybridized carbons (Fsp3) is 0.474. The quantitative estimate of drug-likeness (QED) is 0.719. The summed E-state index contributed by atoms with van der Waals surface area (Å²) in [5.74, 6) is 0.135. The molecule has 7 nitrogen and oxygen atoms in total. The van der Waals surface area contributed by atoms with E-state index in [1.807, 2.05) is 0 Å². The highest BCUT2D eigenvalue weighted by Gasteiger charge is 2.16. The number of carbonyl (C=O) groups excluding carboxylic acids is 1. The van der Waals surface area contributed by atoms with Gasteiger partial charge in [-0.05, 0) is 12.1 Å². The number of halogens is 1. The van der Waals surface area contributed by atoms with Crippen LogP contribution in [0.1, 0.15) is 12.3 Å². The normalized spacial score (nSPS) is 16.2. The summed E-state index contributed by atoms with van der Waals surface area (Å²) < 4.78 is 24.5. The molecular weight excluding hydrogens is 353 g/mol. The first-order valence-corrected chi connectivity index (χ1v) is 9.06. The van der Waals surface area contributed by atoms with Crippen molar-refractivity contribution in [1.29, 1.82) is 0 Å². The van der Waals surface area contributed by atoms with Gasteiger partial charge in [0.15, 0.2) is 11.7 Å². The summed E-state index contributed by atoms with van der Waals surface area (Å²) in [6, 6.07) is 6.29. The Balaban J connectivity index is 1.40. The topological polar surface area (TPSA) is 87.8 Å². The van der Waals surface area contributed by atoms with E-state index in [0.29, 0.717) is 43.4 Å². The third-order valence-electron chi connectivity index (χ3n) is 4.37. The Morgan fingerprint density at radius 2 is 2.11 bits per heavy atom. The molecule has 2 heterocycles. The molecule has 8 heteroatoms. The van der Waals surface area contributed by atoms with Crippen molar-refractivity contribution in [2.75, 3.05) is 39.4 Å². The number of aliphatic hydroxyl groups excluding tert-OH is 1. The number of nitrogens with zero attached hydrogens (tertiary/aromatic N) is 2. The van der Waals surface area contributed by atoms with Crippen LogP contribution < -0.4 is 5.32 Å². The van der Waals surface area contributed by atoms with E-state index in [0.717, 1.165) is 13.1 Å². The van der Waals surface area contributed by atoms with Crippen LogP contribution in [0.3, 0.4) is 0 Å². The number of hydrogen-bond donors (Lipinski definition) is 2. The lowest BCUT2D eigenvalue weighted by Crippen LogP contribution is -2.44. The minimum absolute atomic E-state index is 0.182. The molecule has 1 amide bonds. The molecular formula is C19H24FN3O4. The number of benzene rings is 1. The molecule has 0 spiro atoms. The van der Waals surface area contributed by atoms with E-state index in [1.165, 1.54) is 12.3 Å². The molecule has 146 valence electrons. The van der Waals surface area contributed by atoms with Gasteiger partial charge in [0.25, 0.3) is 0 Å². The van der Waals surface area contributed by atoms with Gasteiger partial charge in [-0.2, -0.15) is 0 Å². The van der Waals surface area contributed by atoms with Crippen molar-refractivity contribution in [2.45, 2.75) is 18.9 Å². The maximum absolute atomic E-state index is 13.8. The van der Waals surface area contributed by atoms with Crippen molar-refractivity contribution in [3.8, 4) is 11.3 Å². The SMILES string of the molecule is O=C(CCc1ncc(-c2ccccc2F)o1)NCC(O)CN1CCOCC1. The molecule has 0 saturated carbocycles. The Hall–Kier alpha value is -2.29. The molecule has 1 unspecified atom stereocenters. The summed E-state index contributed by atoms with van der Waals surface area (Å²) in [5.41, 5.74) is 0.340. The van der Waals surface area contributed by atoms with Crippen LogP contribution in [-0.4, -0.2) is 66.4 Å². The number of β-amino-alcohol motifs (C(OH)–C–C–N with tert-alkyl or cyclic N) is 1. The first kappa shape index (κ1) is 19.5. The molecule has 0 aliphatic carbocycles. The number of hydrogen-bond acceptors (Lipinski definition) is 6. The largest absolute Gasteiger partial charge is 0.441 e. The highest BCUT2D eigenvalue weighted by atomic mass is 19.1. The summed E-state index contributed by atoms with van der Waals surface area (Å²) in [5, 5.41) is 12.7. The first-order valence-electron chi connectivity index (χ1n) is 9.06. The van der Waals surface area contributed by atoms with Crippen LogP contribution >= 0.6 is 0 Å². The van der Waals surface area contributed by atoms with Crippen molar-refractivity contribution in [3.05, 3.63) is 42.2 Å². The zero-order valence-electron chi connectivity index (χ0n) is 15.1. The number of aromatic nitrogens is 1. The Morgan fingerprint density at radius 1 is 1.33 bits per heavy atom. The van der Waals surface area contributed by atoms with Gasteiger partial charge in [0.2, 0.25) is 5.91 Å². The number of morpholine rings is 1. The van der Waals surface area contributed by atoms with E-state index in [-0.39, 0.29) is 24.7 Å². The van der Waals surface area contributed by atoms with Crippen LogP contribution in [0.15, 0.2) is 34.9 Å². The summed E-state index contributed by atoms with van der Waals surface area (Å²) in [4.78, 5) is 18.2. The first-order chi connectivity index (χ1) is 13.1. The number of ether oxygens (including phenoxy) is 1.